The van der Waals surface area contributed by atoms with Crippen molar-refractivity contribution in [3.63, 3.8) is 0 Å². The number of ether oxygens (including phenoxy) is 1. The van der Waals surface area contributed by atoms with Crippen LogP contribution in [0.3, 0.4) is 0 Å². The van der Waals surface area contributed by atoms with Gasteiger partial charge in [0.05, 0.1) is 6.61 Å². The lowest BCUT2D eigenvalue weighted by Gasteiger charge is -2.40. The van der Waals surface area contributed by atoms with Crippen LogP contribution in [0.2, 0.25) is 0 Å². The molecule has 1 saturated carbocycles. The Labute approximate surface area is 133 Å². The van der Waals surface area contributed by atoms with E-state index in [-0.39, 0.29) is 18.4 Å². The Kier molecular flexibility index (Phi) is 5.79. The Morgan fingerprint density at radius 1 is 1.14 bits per heavy atom. The van der Waals surface area contributed by atoms with Gasteiger partial charge in [0.15, 0.2) is 0 Å². The maximum Gasteiger partial charge on any atom is 0.256 e. The third kappa shape index (κ3) is 4.19. The van der Waals surface area contributed by atoms with Crippen molar-refractivity contribution in [1.29, 1.82) is 0 Å². The van der Waals surface area contributed by atoms with Crippen LogP contribution in [-0.4, -0.2) is 25.0 Å². The molecule has 2 aliphatic rings. The lowest BCUT2D eigenvalue weighted by Crippen LogP contribution is -2.33. The second-order valence-electron chi connectivity index (χ2n) is 7.50. The summed E-state index contributed by atoms with van der Waals surface area (Å²) in [6.45, 7) is 10.2. The van der Waals surface area contributed by atoms with E-state index >= 15 is 0 Å². The van der Waals surface area contributed by atoms with Gasteiger partial charge in [0.25, 0.3) is 11.8 Å². The molecule has 1 aliphatic heterocycles. The van der Waals surface area contributed by atoms with E-state index in [1.165, 1.54) is 25.3 Å². The largest absolute Gasteiger partial charge is 0.376 e. The highest BCUT2D eigenvalue weighted by atomic mass is 16.5. The van der Waals surface area contributed by atoms with Gasteiger partial charge in [0, 0.05) is 18.3 Å². The predicted molar refractivity (Wildman–Crippen MR) is 86.0 cm³/mol. The number of carbonyl (C=O) groups excluding carboxylic acids is 2. The van der Waals surface area contributed by atoms with Crippen molar-refractivity contribution in [2.24, 2.45) is 29.6 Å². The molecule has 1 heterocycles. The highest BCUT2D eigenvalue weighted by Crippen LogP contribution is 2.41. The third-order valence-corrected chi connectivity index (χ3v) is 5.22. The number of nitrogens with one attached hydrogen (secondary N) is 1. The normalized spacial score (nSPS) is 29.2. The summed E-state index contributed by atoms with van der Waals surface area (Å²) in [7, 11) is 0. The average molecular weight is 307 g/mol. The molecular formula is C18H29NO3. The molecule has 0 aromatic rings. The summed E-state index contributed by atoms with van der Waals surface area (Å²) in [5.74, 6) is 2.96. The maximum atomic E-state index is 11.4. The van der Waals surface area contributed by atoms with Crippen molar-refractivity contribution in [2.75, 3.05) is 13.2 Å². The van der Waals surface area contributed by atoms with Crippen LogP contribution in [0.1, 0.15) is 47.0 Å². The number of hydrogen-bond acceptors (Lipinski definition) is 3. The second kappa shape index (κ2) is 7.40. The molecule has 124 valence electrons. The van der Waals surface area contributed by atoms with Gasteiger partial charge in [0.1, 0.15) is 0 Å². The monoisotopic (exact) mass is 307 g/mol. The SMILES string of the molecule is CC(C)C1CC[C@H](COCC2=CC(=O)NC2=O)CC1C(C)C. The fourth-order valence-corrected chi connectivity index (χ4v) is 3.96. The van der Waals surface area contributed by atoms with Crippen LogP contribution in [0.5, 0.6) is 0 Å². The first-order valence-electron chi connectivity index (χ1n) is 8.52. The molecule has 1 aliphatic carbocycles. The van der Waals surface area contributed by atoms with Gasteiger partial charge in [-0.15, -0.1) is 0 Å². The molecule has 0 aromatic carbocycles. The van der Waals surface area contributed by atoms with Gasteiger partial charge in [-0.25, -0.2) is 0 Å². The lowest BCUT2D eigenvalue weighted by atomic mass is 9.66. The van der Waals surface area contributed by atoms with E-state index in [0.717, 1.165) is 17.8 Å². The van der Waals surface area contributed by atoms with Crippen LogP contribution < -0.4 is 5.32 Å². The fourth-order valence-electron chi connectivity index (χ4n) is 3.96. The van der Waals surface area contributed by atoms with Crippen LogP contribution in [-0.2, 0) is 14.3 Å². The highest BCUT2D eigenvalue weighted by Gasteiger charge is 2.34. The number of amides is 2. The first kappa shape index (κ1) is 17.2. The van der Waals surface area contributed by atoms with Gasteiger partial charge < -0.3 is 4.74 Å². The first-order valence-corrected chi connectivity index (χ1v) is 8.52. The molecule has 0 bridgehead atoms. The maximum absolute atomic E-state index is 11.4. The van der Waals surface area contributed by atoms with Crippen molar-refractivity contribution >= 4 is 11.8 Å². The third-order valence-electron chi connectivity index (χ3n) is 5.22. The molecule has 0 aromatic heterocycles. The Hall–Kier alpha value is -1.16. The number of hydrogen-bond donors (Lipinski definition) is 1. The number of imide groups is 1. The molecule has 0 saturated heterocycles. The van der Waals surface area contributed by atoms with E-state index in [9.17, 15) is 9.59 Å². The molecule has 4 nitrogen and oxygen atoms in total. The van der Waals surface area contributed by atoms with Crippen LogP contribution in [0.15, 0.2) is 11.6 Å². The molecule has 0 spiro atoms. The smallest absolute Gasteiger partial charge is 0.256 e. The lowest BCUT2D eigenvalue weighted by molar-refractivity contribution is -0.124. The molecule has 2 amide bonds. The molecule has 4 heteroatoms. The summed E-state index contributed by atoms with van der Waals surface area (Å²) >= 11 is 0. The minimum Gasteiger partial charge on any atom is -0.376 e. The van der Waals surface area contributed by atoms with E-state index in [1.807, 2.05) is 0 Å². The van der Waals surface area contributed by atoms with E-state index in [0.29, 0.717) is 24.0 Å². The number of rotatable bonds is 6. The van der Waals surface area contributed by atoms with Crippen LogP contribution in [0, 0.1) is 29.6 Å². The van der Waals surface area contributed by atoms with Crippen molar-refractivity contribution in [2.45, 2.75) is 47.0 Å². The van der Waals surface area contributed by atoms with Crippen LogP contribution in [0.25, 0.3) is 0 Å². The minimum absolute atomic E-state index is 0.244. The summed E-state index contributed by atoms with van der Waals surface area (Å²) in [6, 6.07) is 0. The van der Waals surface area contributed by atoms with Crippen molar-refractivity contribution in [3.05, 3.63) is 11.6 Å². The standard InChI is InChI=1S/C18H29NO3/c1-11(2)15-6-5-13(7-16(15)12(3)4)9-22-10-14-8-17(20)19-18(14)21/h8,11-13,15-16H,5-7,9-10H2,1-4H3,(H,19,20,21)/t13-,15?,16?/m0/s1. The highest BCUT2D eigenvalue weighted by molar-refractivity contribution is 6.16. The van der Waals surface area contributed by atoms with Gasteiger partial charge in [0.2, 0.25) is 0 Å². The van der Waals surface area contributed by atoms with Gasteiger partial charge in [-0.2, -0.15) is 0 Å². The topological polar surface area (TPSA) is 55.4 Å². The predicted octanol–water partition coefficient (Wildman–Crippen LogP) is 2.93. The molecule has 1 fully saturated rings. The van der Waals surface area contributed by atoms with Crippen molar-refractivity contribution in [1.82, 2.24) is 5.32 Å². The van der Waals surface area contributed by atoms with Gasteiger partial charge in [-0.05, 0) is 48.9 Å². The molecule has 1 N–H and O–H groups in total. The summed E-state index contributed by atoms with van der Waals surface area (Å²) in [5.41, 5.74) is 0.446. The molecule has 3 atom stereocenters. The van der Waals surface area contributed by atoms with Gasteiger partial charge in [-0.3, -0.25) is 14.9 Å². The molecule has 2 unspecified atom stereocenters. The zero-order valence-corrected chi connectivity index (χ0v) is 14.2. The van der Waals surface area contributed by atoms with Crippen molar-refractivity contribution in [3.8, 4) is 0 Å². The van der Waals surface area contributed by atoms with E-state index in [2.05, 4.69) is 33.0 Å². The Morgan fingerprint density at radius 3 is 2.36 bits per heavy atom. The Morgan fingerprint density at radius 2 is 1.82 bits per heavy atom. The van der Waals surface area contributed by atoms with Crippen molar-refractivity contribution < 1.29 is 14.3 Å². The second-order valence-corrected chi connectivity index (χ2v) is 7.50. The molecular weight excluding hydrogens is 278 g/mol. The zero-order chi connectivity index (χ0) is 16.3. The van der Waals surface area contributed by atoms with Crippen LogP contribution in [0.4, 0.5) is 0 Å². The summed E-state index contributed by atoms with van der Waals surface area (Å²) < 4.78 is 5.72. The zero-order valence-electron chi connectivity index (χ0n) is 14.2. The van der Waals surface area contributed by atoms with Gasteiger partial charge in [-0.1, -0.05) is 27.7 Å². The van der Waals surface area contributed by atoms with Crippen LogP contribution >= 0.6 is 0 Å². The van der Waals surface area contributed by atoms with E-state index in [4.69, 9.17) is 4.74 Å². The summed E-state index contributed by atoms with van der Waals surface area (Å²) in [5, 5.41) is 2.25. The first-order chi connectivity index (χ1) is 10.4. The molecule has 0 radical (unpaired) electrons. The van der Waals surface area contributed by atoms with Gasteiger partial charge >= 0.3 is 0 Å². The van der Waals surface area contributed by atoms with E-state index in [1.54, 1.807) is 0 Å². The minimum atomic E-state index is -0.332. The quantitative estimate of drug-likeness (QED) is 0.768. The van der Waals surface area contributed by atoms with E-state index < -0.39 is 0 Å². The Balaban J connectivity index is 1.81. The number of carbonyl (C=O) groups is 2. The molecule has 2 rings (SSSR count). The summed E-state index contributed by atoms with van der Waals surface area (Å²) in [6.07, 6.45) is 5.03. The molecule has 22 heavy (non-hydrogen) atoms. The average Bonchev–Trinajstić information content (AvgIpc) is 2.76. The summed E-state index contributed by atoms with van der Waals surface area (Å²) in [4.78, 5) is 22.5. The Bertz CT molecular complexity index is 453. The fraction of sp³-hybridized carbons (Fsp3) is 0.778.